The zero-order valence-corrected chi connectivity index (χ0v) is 9.32. The zero-order valence-electron chi connectivity index (χ0n) is 9.32. The van der Waals surface area contributed by atoms with Gasteiger partial charge in [0.25, 0.3) is 0 Å². The summed E-state index contributed by atoms with van der Waals surface area (Å²) in [6, 6.07) is 0. The van der Waals surface area contributed by atoms with Crippen LogP contribution in [0.5, 0.6) is 0 Å². The lowest BCUT2D eigenvalue weighted by atomic mass is 10.0. The molecule has 1 aliphatic heterocycles. The summed E-state index contributed by atoms with van der Waals surface area (Å²) < 4.78 is 11.2. The summed E-state index contributed by atoms with van der Waals surface area (Å²) in [4.78, 5) is 4.26. The second kappa shape index (κ2) is 4.77. The van der Waals surface area contributed by atoms with Crippen molar-refractivity contribution in [1.29, 1.82) is 0 Å². The van der Waals surface area contributed by atoms with Crippen molar-refractivity contribution in [3.05, 3.63) is 17.8 Å². The Bertz CT molecular complexity index is 311. The molecule has 0 aromatic carbocycles. The molecular weight excluding hydrogens is 192 g/mol. The van der Waals surface area contributed by atoms with E-state index in [-0.39, 0.29) is 0 Å². The van der Waals surface area contributed by atoms with Gasteiger partial charge in [-0.2, -0.15) is 0 Å². The highest BCUT2D eigenvalue weighted by Gasteiger charge is 2.26. The maximum absolute atomic E-state index is 5.69. The van der Waals surface area contributed by atoms with E-state index in [2.05, 4.69) is 17.2 Å². The van der Waals surface area contributed by atoms with Gasteiger partial charge in [-0.3, -0.25) is 0 Å². The fourth-order valence-electron chi connectivity index (χ4n) is 1.88. The zero-order chi connectivity index (χ0) is 10.7. The van der Waals surface area contributed by atoms with Gasteiger partial charge in [0.1, 0.15) is 5.76 Å². The molecule has 0 saturated carbocycles. The smallest absolute Gasteiger partial charge is 0.195 e. The predicted octanol–water partition coefficient (Wildman–Crippen LogP) is 1.33. The number of nitrogens with zero attached hydrogens (tertiary/aromatic N) is 1. The molecule has 1 fully saturated rings. The van der Waals surface area contributed by atoms with Crippen molar-refractivity contribution in [1.82, 2.24) is 10.3 Å². The quantitative estimate of drug-likeness (QED) is 0.814. The number of hydrogen-bond acceptors (Lipinski definition) is 4. The lowest BCUT2D eigenvalue weighted by Crippen LogP contribution is -2.10. The van der Waals surface area contributed by atoms with Crippen LogP contribution in [0, 0.1) is 0 Å². The Morgan fingerprint density at radius 1 is 1.60 bits per heavy atom. The highest BCUT2D eigenvalue weighted by atomic mass is 16.5. The van der Waals surface area contributed by atoms with E-state index in [0.29, 0.717) is 12.0 Å². The first-order valence-corrected chi connectivity index (χ1v) is 5.50. The minimum absolute atomic E-state index is 0.348. The molecule has 15 heavy (non-hydrogen) atoms. The van der Waals surface area contributed by atoms with Gasteiger partial charge in [0.2, 0.25) is 0 Å². The monoisotopic (exact) mass is 210 g/mol. The highest BCUT2D eigenvalue weighted by molar-refractivity contribution is 5.04. The number of nitrogens with one attached hydrogen (secondary N) is 1. The van der Waals surface area contributed by atoms with Crippen molar-refractivity contribution < 1.29 is 9.15 Å². The topological polar surface area (TPSA) is 47.3 Å². The number of likely N-dealkylation sites (N-methyl/N-ethyl adjacent to an activating group) is 1. The third-order valence-corrected chi connectivity index (χ3v) is 2.76. The molecule has 84 valence electrons. The molecule has 1 saturated heterocycles. The largest absolute Gasteiger partial charge is 0.445 e. The Labute approximate surface area is 90.0 Å². The van der Waals surface area contributed by atoms with Crippen LogP contribution < -0.4 is 5.32 Å². The molecular formula is C11H18N2O2. The molecule has 0 amide bonds. The van der Waals surface area contributed by atoms with Crippen LogP contribution in [0.2, 0.25) is 0 Å². The molecule has 1 aromatic rings. The van der Waals surface area contributed by atoms with Gasteiger partial charge in [0, 0.05) is 18.9 Å². The summed E-state index contributed by atoms with van der Waals surface area (Å²) in [5, 5.41) is 3.08. The van der Waals surface area contributed by atoms with Gasteiger partial charge in [0.15, 0.2) is 5.89 Å². The molecule has 1 aliphatic rings. The van der Waals surface area contributed by atoms with Crippen LogP contribution in [-0.4, -0.2) is 31.3 Å². The van der Waals surface area contributed by atoms with E-state index in [0.717, 1.165) is 37.6 Å². The maximum Gasteiger partial charge on any atom is 0.195 e. The first kappa shape index (κ1) is 10.6. The molecule has 2 atom stereocenters. The molecule has 0 radical (unpaired) electrons. The van der Waals surface area contributed by atoms with Gasteiger partial charge in [-0.05, 0) is 20.4 Å². The SMILES string of the molecule is CNCCc1ncc(C2COC(C)C2)o1. The molecule has 0 spiro atoms. The van der Waals surface area contributed by atoms with Crippen molar-refractivity contribution >= 4 is 0 Å². The van der Waals surface area contributed by atoms with Crippen LogP contribution >= 0.6 is 0 Å². The molecule has 1 N–H and O–H groups in total. The van der Waals surface area contributed by atoms with Crippen LogP contribution in [0.25, 0.3) is 0 Å². The minimum atomic E-state index is 0.348. The Morgan fingerprint density at radius 3 is 3.13 bits per heavy atom. The van der Waals surface area contributed by atoms with E-state index in [1.165, 1.54) is 0 Å². The lowest BCUT2D eigenvalue weighted by Gasteiger charge is -2.01. The molecule has 2 unspecified atom stereocenters. The van der Waals surface area contributed by atoms with Gasteiger partial charge in [0.05, 0.1) is 18.9 Å². The number of hydrogen-bond donors (Lipinski definition) is 1. The first-order chi connectivity index (χ1) is 7.29. The molecule has 2 heterocycles. The van der Waals surface area contributed by atoms with Gasteiger partial charge < -0.3 is 14.5 Å². The third kappa shape index (κ3) is 2.58. The average molecular weight is 210 g/mol. The number of ether oxygens (including phenoxy) is 1. The lowest BCUT2D eigenvalue weighted by molar-refractivity contribution is 0.122. The van der Waals surface area contributed by atoms with Gasteiger partial charge >= 0.3 is 0 Å². The van der Waals surface area contributed by atoms with Crippen LogP contribution in [0.1, 0.15) is 30.9 Å². The summed E-state index contributed by atoms with van der Waals surface area (Å²) >= 11 is 0. The Kier molecular flexibility index (Phi) is 3.38. The summed E-state index contributed by atoms with van der Waals surface area (Å²) in [6.45, 7) is 3.76. The van der Waals surface area contributed by atoms with Crippen LogP contribution in [0.4, 0.5) is 0 Å². The van der Waals surface area contributed by atoms with E-state index in [1.807, 2.05) is 13.2 Å². The average Bonchev–Trinajstić information content (AvgIpc) is 2.83. The molecule has 2 rings (SSSR count). The standard InChI is InChI=1S/C11H18N2O2/c1-8-5-9(7-14-8)10-6-13-11(15-10)3-4-12-2/h6,8-9,12H,3-5,7H2,1-2H3. The van der Waals surface area contributed by atoms with Crippen molar-refractivity contribution in [2.24, 2.45) is 0 Å². The normalized spacial score (nSPS) is 26.0. The molecule has 1 aromatic heterocycles. The van der Waals surface area contributed by atoms with Crippen molar-refractivity contribution in [2.45, 2.75) is 31.8 Å². The highest BCUT2D eigenvalue weighted by Crippen LogP contribution is 2.29. The summed E-state index contributed by atoms with van der Waals surface area (Å²) in [5.41, 5.74) is 0. The van der Waals surface area contributed by atoms with Gasteiger partial charge in [-0.25, -0.2) is 4.98 Å². The van der Waals surface area contributed by atoms with Crippen molar-refractivity contribution in [2.75, 3.05) is 20.2 Å². The van der Waals surface area contributed by atoms with E-state index in [9.17, 15) is 0 Å². The minimum Gasteiger partial charge on any atom is -0.445 e. The van der Waals surface area contributed by atoms with E-state index in [1.54, 1.807) is 0 Å². The van der Waals surface area contributed by atoms with Gasteiger partial charge in [-0.15, -0.1) is 0 Å². The van der Waals surface area contributed by atoms with Crippen molar-refractivity contribution in [3.63, 3.8) is 0 Å². The van der Waals surface area contributed by atoms with Crippen LogP contribution in [0.3, 0.4) is 0 Å². The number of aromatic nitrogens is 1. The molecule has 4 nitrogen and oxygen atoms in total. The fourth-order valence-corrected chi connectivity index (χ4v) is 1.88. The summed E-state index contributed by atoms with van der Waals surface area (Å²) in [5.74, 6) is 2.19. The third-order valence-electron chi connectivity index (χ3n) is 2.76. The van der Waals surface area contributed by atoms with Crippen LogP contribution in [-0.2, 0) is 11.2 Å². The first-order valence-electron chi connectivity index (χ1n) is 5.50. The molecule has 0 aliphatic carbocycles. The number of rotatable bonds is 4. The van der Waals surface area contributed by atoms with E-state index in [4.69, 9.17) is 9.15 Å². The predicted molar refractivity (Wildman–Crippen MR) is 56.9 cm³/mol. The maximum atomic E-state index is 5.69. The summed E-state index contributed by atoms with van der Waals surface area (Å²) in [6.07, 6.45) is 4.08. The van der Waals surface area contributed by atoms with Gasteiger partial charge in [-0.1, -0.05) is 0 Å². The second-order valence-corrected chi connectivity index (χ2v) is 4.09. The van der Waals surface area contributed by atoms with Crippen molar-refractivity contribution in [3.8, 4) is 0 Å². The van der Waals surface area contributed by atoms with Crippen LogP contribution in [0.15, 0.2) is 10.6 Å². The number of oxazole rings is 1. The summed E-state index contributed by atoms with van der Waals surface area (Å²) in [7, 11) is 1.93. The fraction of sp³-hybridized carbons (Fsp3) is 0.727. The Hall–Kier alpha value is -0.870. The molecule has 4 heteroatoms. The molecule has 0 bridgehead atoms. The second-order valence-electron chi connectivity index (χ2n) is 4.09. The van der Waals surface area contributed by atoms with E-state index < -0.39 is 0 Å². The van der Waals surface area contributed by atoms with E-state index >= 15 is 0 Å². The Morgan fingerprint density at radius 2 is 2.47 bits per heavy atom. The Balaban J connectivity index is 1.94.